The molecule has 0 N–H and O–H groups in total. The van der Waals surface area contributed by atoms with Crippen molar-refractivity contribution in [2.75, 3.05) is 36.0 Å². The van der Waals surface area contributed by atoms with E-state index in [-0.39, 0.29) is 0 Å². The van der Waals surface area contributed by atoms with Crippen LogP contribution >= 0.6 is 0 Å². The number of aromatic nitrogens is 5. The van der Waals surface area contributed by atoms with Crippen molar-refractivity contribution in [2.45, 2.75) is 6.18 Å². The minimum Gasteiger partial charge on any atom is -0.353 e. The highest BCUT2D eigenvalue weighted by molar-refractivity contribution is 5.86. The summed E-state index contributed by atoms with van der Waals surface area (Å²) < 4.78 is 40.4. The lowest BCUT2D eigenvalue weighted by Crippen LogP contribution is -2.47. The quantitative estimate of drug-likeness (QED) is 0.695. The third-order valence-electron chi connectivity index (χ3n) is 4.48. The molecule has 0 amide bonds. The van der Waals surface area contributed by atoms with Gasteiger partial charge in [0.2, 0.25) is 0 Å². The van der Waals surface area contributed by atoms with Crippen LogP contribution in [-0.2, 0) is 13.2 Å². The molecule has 0 unspecified atom stereocenters. The highest BCUT2D eigenvalue weighted by Gasteiger charge is 2.31. The van der Waals surface area contributed by atoms with Gasteiger partial charge in [-0.2, -0.15) is 18.3 Å². The van der Waals surface area contributed by atoms with Crippen molar-refractivity contribution in [3.05, 3.63) is 36.4 Å². The van der Waals surface area contributed by atoms with E-state index in [1.807, 2.05) is 11.9 Å². The van der Waals surface area contributed by atoms with Crippen molar-refractivity contribution in [1.29, 1.82) is 0 Å². The number of fused-ring (bicyclic) bond motifs is 1. The highest BCUT2D eigenvalue weighted by Crippen LogP contribution is 2.31. The molecule has 4 rings (SSSR count). The molecule has 3 aromatic rings. The molecule has 1 fully saturated rings. The van der Waals surface area contributed by atoms with Crippen LogP contribution in [0.2, 0.25) is 0 Å². The molecule has 26 heavy (non-hydrogen) atoms. The fourth-order valence-corrected chi connectivity index (χ4v) is 3.12. The average Bonchev–Trinajstić information content (AvgIpc) is 3.03. The molecule has 0 saturated carbocycles. The van der Waals surface area contributed by atoms with Gasteiger partial charge in [-0.25, -0.2) is 15.0 Å². The van der Waals surface area contributed by atoms with E-state index < -0.39 is 11.7 Å². The first kappa shape index (κ1) is 16.6. The zero-order valence-corrected chi connectivity index (χ0v) is 14.0. The number of rotatable bonds is 2. The standard InChI is InChI=1S/C16H16F3N7/c1-24-14-12(9-23-24)15(22-10-21-14)26-6-4-25(5-7-26)13-8-11(2-3-20-13)16(17,18)19/h2-3,8-10H,4-7H2,1H3. The molecule has 1 aliphatic heterocycles. The predicted octanol–water partition coefficient (Wildman–Crippen LogP) is 2.10. The van der Waals surface area contributed by atoms with E-state index in [0.717, 1.165) is 29.0 Å². The molecule has 4 heterocycles. The molecular weight excluding hydrogens is 347 g/mol. The van der Waals surface area contributed by atoms with Crippen molar-refractivity contribution < 1.29 is 13.2 Å². The molecule has 0 aliphatic carbocycles. The topological polar surface area (TPSA) is 63.0 Å². The number of piperazine rings is 1. The molecule has 0 radical (unpaired) electrons. The number of alkyl halides is 3. The summed E-state index contributed by atoms with van der Waals surface area (Å²) >= 11 is 0. The number of anilines is 2. The van der Waals surface area contributed by atoms with Crippen LogP contribution in [0.1, 0.15) is 5.56 Å². The number of aryl methyl sites for hydroxylation is 1. The van der Waals surface area contributed by atoms with E-state index in [1.54, 1.807) is 10.9 Å². The van der Waals surface area contributed by atoms with Crippen molar-refractivity contribution in [3.63, 3.8) is 0 Å². The largest absolute Gasteiger partial charge is 0.416 e. The van der Waals surface area contributed by atoms with Gasteiger partial charge in [-0.05, 0) is 12.1 Å². The molecule has 1 aliphatic rings. The molecule has 136 valence electrons. The lowest BCUT2D eigenvalue weighted by Gasteiger charge is -2.36. The highest BCUT2D eigenvalue weighted by atomic mass is 19.4. The second-order valence-electron chi connectivity index (χ2n) is 6.08. The number of halogens is 3. The van der Waals surface area contributed by atoms with Crippen molar-refractivity contribution in [2.24, 2.45) is 7.05 Å². The van der Waals surface area contributed by atoms with Crippen LogP contribution in [0.3, 0.4) is 0 Å². The lowest BCUT2D eigenvalue weighted by atomic mass is 10.2. The second-order valence-corrected chi connectivity index (χ2v) is 6.08. The van der Waals surface area contributed by atoms with Crippen molar-refractivity contribution in [3.8, 4) is 0 Å². The van der Waals surface area contributed by atoms with E-state index >= 15 is 0 Å². The predicted molar refractivity (Wildman–Crippen MR) is 90.0 cm³/mol. The zero-order chi connectivity index (χ0) is 18.3. The van der Waals surface area contributed by atoms with Gasteiger partial charge in [0, 0.05) is 39.4 Å². The van der Waals surface area contributed by atoms with Crippen LogP contribution in [0.15, 0.2) is 30.9 Å². The molecule has 0 aromatic carbocycles. The number of hydrogen-bond acceptors (Lipinski definition) is 6. The number of nitrogens with zero attached hydrogens (tertiary/aromatic N) is 7. The summed E-state index contributed by atoms with van der Waals surface area (Å²) in [6, 6.07) is 2.08. The maximum absolute atomic E-state index is 12.9. The third kappa shape index (κ3) is 2.91. The Labute approximate surface area is 147 Å². The Bertz CT molecular complexity index is 929. The first-order valence-electron chi connectivity index (χ1n) is 8.09. The van der Waals surface area contributed by atoms with E-state index in [2.05, 4.69) is 25.0 Å². The van der Waals surface area contributed by atoms with Gasteiger partial charge in [0.05, 0.1) is 17.1 Å². The van der Waals surface area contributed by atoms with Gasteiger partial charge in [-0.15, -0.1) is 0 Å². The molecule has 7 nitrogen and oxygen atoms in total. The van der Waals surface area contributed by atoms with Gasteiger partial charge >= 0.3 is 6.18 Å². The normalized spacial score (nSPS) is 15.7. The van der Waals surface area contributed by atoms with Crippen LogP contribution < -0.4 is 9.80 Å². The van der Waals surface area contributed by atoms with Gasteiger partial charge in [0.25, 0.3) is 0 Å². The summed E-state index contributed by atoms with van der Waals surface area (Å²) in [5.41, 5.74) is 0.0646. The maximum atomic E-state index is 12.9. The molecule has 3 aromatic heterocycles. The Balaban J connectivity index is 1.52. The Morgan fingerprint density at radius 2 is 1.73 bits per heavy atom. The number of pyridine rings is 1. The first-order chi connectivity index (χ1) is 12.4. The van der Waals surface area contributed by atoms with Crippen LogP contribution in [0.4, 0.5) is 24.8 Å². The summed E-state index contributed by atoms with van der Waals surface area (Å²) in [6.07, 6.45) is 0.0615. The van der Waals surface area contributed by atoms with Gasteiger partial charge in [-0.1, -0.05) is 0 Å². The van der Waals surface area contributed by atoms with E-state index in [9.17, 15) is 13.2 Å². The molecule has 0 atom stereocenters. The summed E-state index contributed by atoms with van der Waals surface area (Å²) in [5, 5.41) is 5.07. The SMILES string of the molecule is Cn1ncc2c(N3CCN(c4cc(C(F)(F)F)ccn4)CC3)ncnc21. The van der Waals surface area contributed by atoms with Crippen LogP contribution in [0.5, 0.6) is 0 Å². The first-order valence-corrected chi connectivity index (χ1v) is 8.09. The van der Waals surface area contributed by atoms with Gasteiger partial charge < -0.3 is 9.80 Å². The minimum atomic E-state index is -4.37. The Morgan fingerprint density at radius 3 is 2.46 bits per heavy atom. The summed E-state index contributed by atoms with van der Waals surface area (Å²) in [7, 11) is 1.82. The molecule has 0 spiro atoms. The summed E-state index contributed by atoms with van der Waals surface area (Å²) in [5.74, 6) is 1.13. The molecule has 10 heteroatoms. The minimum absolute atomic E-state index is 0.341. The van der Waals surface area contributed by atoms with E-state index in [4.69, 9.17) is 0 Å². The molecular formula is C16H16F3N7. The number of hydrogen-bond donors (Lipinski definition) is 0. The van der Waals surface area contributed by atoms with E-state index in [0.29, 0.717) is 32.0 Å². The van der Waals surface area contributed by atoms with Crippen molar-refractivity contribution in [1.82, 2.24) is 24.7 Å². The van der Waals surface area contributed by atoms with Crippen LogP contribution in [0.25, 0.3) is 11.0 Å². The van der Waals surface area contributed by atoms with Crippen molar-refractivity contribution >= 4 is 22.7 Å². The Kier molecular flexibility index (Phi) is 3.89. The second kappa shape index (κ2) is 6.11. The van der Waals surface area contributed by atoms with Crippen LogP contribution in [0, 0.1) is 0 Å². The fraction of sp³-hybridized carbons (Fsp3) is 0.375. The van der Waals surface area contributed by atoms with Crippen LogP contribution in [-0.4, -0.2) is 50.9 Å². The zero-order valence-electron chi connectivity index (χ0n) is 14.0. The van der Waals surface area contributed by atoms with Gasteiger partial charge in [0.15, 0.2) is 5.65 Å². The monoisotopic (exact) mass is 363 g/mol. The lowest BCUT2D eigenvalue weighted by molar-refractivity contribution is -0.137. The average molecular weight is 363 g/mol. The Hall–Kier alpha value is -2.91. The summed E-state index contributed by atoms with van der Waals surface area (Å²) in [4.78, 5) is 16.6. The Morgan fingerprint density at radius 1 is 1.00 bits per heavy atom. The molecule has 1 saturated heterocycles. The maximum Gasteiger partial charge on any atom is 0.416 e. The van der Waals surface area contributed by atoms with E-state index in [1.165, 1.54) is 12.5 Å². The summed E-state index contributed by atoms with van der Waals surface area (Å²) in [6.45, 7) is 2.36. The van der Waals surface area contributed by atoms with Gasteiger partial charge in [-0.3, -0.25) is 4.68 Å². The smallest absolute Gasteiger partial charge is 0.353 e. The molecule has 0 bridgehead atoms. The fourth-order valence-electron chi connectivity index (χ4n) is 3.12. The van der Waals surface area contributed by atoms with Gasteiger partial charge in [0.1, 0.15) is 18.0 Å². The third-order valence-corrected chi connectivity index (χ3v) is 4.48.